The van der Waals surface area contributed by atoms with E-state index in [0.29, 0.717) is 18.3 Å². The molecule has 2 aromatic heterocycles. The molecule has 0 bridgehead atoms. The predicted octanol–water partition coefficient (Wildman–Crippen LogP) is 1.97. The van der Waals surface area contributed by atoms with Crippen molar-refractivity contribution in [1.29, 1.82) is 5.26 Å². The molecular formula is C15H16N4O3S. The number of carbonyl (C=O) groups excluding carboxylic acids is 2. The number of aromatic nitrogens is 2. The van der Waals surface area contributed by atoms with Gasteiger partial charge in [-0.3, -0.25) is 9.59 Å². The Morgan fingerprint density at radius 3 is 2.96 bits per heavy atom. The summed E-state index contributed by atoms with van der Waals surface area (Å²) in [6.07, 6.45) is 0.948. The molecule has 1 atom stereocenters. The van der Waals surface area contributed by atoms with Gasteiger partial charge in [0.25, 0.3) is 0 Å². The van der Waals surface area contributed by atoms with Gasteiger partial charge in [-0.05, 0) is 17.9 Å². The van der Waals surface area contributed by atoms with Crippen molar-refractivity contribution in [1.82, 2.24) is 15.5 Å². The van der Waals surface area contributed by atoms with E-state index in [4.69, 9.17) is 9.68 Å². The fourth-order valence-electron chi connectivity index (χ4n) is 1.86. The lowest BCUT2D eigenvalue weighted by Gasteiger charge is -2.07. The minimum Gasteiger partial charge on any atom is -0.421 e. The third-order valence-corrected chi connectivity index (χ3v) is 3.77. The molecule has 0 aliphatic carbocycles. The number of hydrogen-bond acceptors (Lipinski definition) is 7. The van der Waals surface area contributed by atoms with Gasteiger partial charge in [-0.2, -0.15) is 16.6 Å². The van der Waals surface area contributed by atoms with E-state index in [1.807, 2.05) is 23.8 Å². The molecule has 0 saturated carbocycles. The van der Waals surface area contributed by atoms with Crippen molar-refractivity contribution in [3.63, 3.8) is 0 Å². The Morgan fingerprint density at radius 1 is 1.48 bits per heavy atom. The fraction of sp³-hybridized carbons (Fsp3) is 0.400. The van der Waals surface area contributed by atoms with E-state index in [1.54, 1.807) is 6.07 Å². The molecule has 1 unspecified atom stereocenters. The number of aryl methyl sites for hydroxylation is 1. The van der Waals surface area contributed by atoms with Crippen LogP contribution in [0.4, 0.5) is 0 Å². The molecule has 1 N–H and O–H groups in total. The van der Waals surface area contributed by atoms with Crippen LogP contribution in [0.5, 0.6) is 0 Å². The highest BCUT2D eigenvalue weighted by molar-refractivity contribution is 7.08. The first-order valence-corrected chi connectivity index (χ1v) is 8.15. The maximum absolute atomic E-state index is 12.0. The quantitative estimate of drug-likeness (QED) is 0.740. The largest absolute Gasteiger partial charge is 0.421 e. The molecule has 0 saturated heterocycles. The molecule has 0 spiro atoms. The summed E-state index contributed by atoms with van der Waals surface area (Å²) in [5.41, 5.74) is 0.828. The third kappa shape index (κ3) is 4.47. The molecule has 0 fully saturated rings. The first-order chi connectivity index (χ1) is 11.2. The molecular weight excluding hydrogens is 316 g/mol. The molecule has 23 heavy (non-hydrogen) atoms. The average molecular weight is 332 g/mol. The zero-order valence-electron chi connectivity index (χ0n) is 12.6. The first kappa shape index (κ1) is 16.8. The van der Waals surface area contributed by atoms with E-state index in [-0.39, 0.29) is 12.8 Å². The maximum atomic E-state index is 12.0. The van der Waals surface area contributed by atoms with Gasteiger partial charge in [0.2, 0.25) is 17.7 Å². The van der Waals surface area contributed by atoms with Gasteiger partial charge in [0.1, 0.15) is 0 Å². The van der Waals surface area contributed by atoms with Crippen LogP contribution in [0.1, 0.15) is 25.7 Å². The summed E-state index contributed by atoms with van der Waals surface area (Å²) in [5, 5.41) is 23.1. The Bertz CT molecular complexity index is 703. The van der Waals surface area contributed by atoms with E-state index in [1.165, 1.54) is 11.3 Å². The number of nitrogens with zero attached hydrogens (tertiary/aromatic N) is 3. The lowest BCUT2D eigenvalue weighted by molar-refractivity contribution is -0.131. The molecule has 0 aromatic carbocycles. The molecule has 8 heteroatoms. The third-order valence-electron chi connectivity index (χ3n) is 3.08. The Hall–Kier alpha value is -2.53. The summed E-state index contributed by atoms with van der Waals surface area (Å²) < 4.78 is 5.47. The van der Waals surface area contributed by atoms with Crippen molar-refractivity contribution in [2.45, 2.75) is 26.2 Å². The van der Waals surface area contributed by atoms with Crippen molar-refractivity contribution in [2.75, 3.05) is 6.54 Å². The van der Waals surface area contributed by atoms with Crippen LogP contribution < -0.4 is 5.32 Å². The van der Waals surface area contributed by atoms with E-state index in [2.05, 4.69) is 15.5 Å². The number of ketones is 1. The van der Waals surface area contributed by atoms with Crippen molar-refractivity contribution < 1.29 is 14.0 Å². The molecule has 7 nitrogen and oxygen atoms in total. The maximum Gasteiger partial charge on any atom is 0.248 e. The lowest BCUT2D eigenvalue weighted by atomic mass is 10.0. The number of rotatable bonds is 8. The number of hydrogen-bond donors (Lipinski definition) is 1. The van der Waals surface area contributed by atoms with Gasteiger partial charge in [-0.1, -0.05) is 6.92 Å². The van der Waals surface area contributed by atoms with Crippen LogP contribution in [0.3, 0.4) is 0 Å². The lowest BCUT2D eigenvalue weighted by Crippen LogP contribution is -2.35. The second kappa shape index (κ2) is 8.19. The van der Waals surface area contributed by atoms with Gasteiger partial charge in [0, 0.05) is 30.3 Å². The molecule has 0 aliphatic rings. The molecule has 120 valence electrons. The summed E-state index contributed by atoms with van der Waals surface area (Å²) in [7, 11) is 0. The zero-order chi connectivity index (χ0) is 16.7. The number of nitriles is 1. The SMILES string of the molecule is CCCNC(=O)C(C#N)C(=O)CCc1nnc(-c2ccsc2)o1. The normalized spacial score (nSPS) is 11.7. The van der Waals surface area contributed by atoms with Crippen molar-refractivity contribution in [2.24, 2.45) is 5.92 Å². The second-order valence-corrected chi connectivity index (χ2v) is 5.61. The predicted molar refractivity (Wildman–Crippen MR) is 83.3 cm³/mol. The van der Waals surface area contributed by atoms with Gasteiger partial charge in [-0.25, -0.2) is 0 Å². The van der Waals surface area contributed by atoms with E-state index < -0.39 is 17.6 Å². The van der Waals surface area contributed by atoms with E-state index >= 15 is 0 Å². The van der Waals surface area contributed by atoms with Crippen LogP contribution in [0.25, 0.3) is 11.5 Å². The summed E-state index contributed by atoms with van der Waals surface area (Å²) >= 11 is 1.52. The molecule has 2 rings (SSSR count). The van der Waals surface area contributed by atoms with Gasteiger partial charge >= 0.3 is 0 Å². The van der Waals surface area contributed by atoms with E-state index in [9.17, 15) is 9.59 Å². The van der Waals surface area contributed by atoms with Gasteiger partial charge in [-0.15, -0.1) is 10.2 Å². The van der Waals surface area contributed by atoms with Crippen LogP contribution in [-0.2, 0) is 16.0 Å². The molecule has 0 aliphatic heterocycles. The first-order valence-electron chi connectivity index (χ1n) is 7.20. The topological polar surface area (TPSA) is 109 Å². The highest BCUT2D eigenvalue weighted by Gasteiger charge is 2.26. The van der Waals surface area contributed by atoms with E-state index in [0.717, 1.165) is 12.0 Å². The van der Waals surface area contributed by atoms with Crippen molar-refractivity contribution >= 4 is 23.0 Å². The Kier molecular flexibility index (Phi) is 6.00. The van der Waals surface area contributed by atoms with Crippen LogP contribution in [0.15, 0.2) is 21.2 Å². The summed E-state index contributed by atoms with van der Waals surface area (Å²) in [6.45, 7) is 2.34. The number of nitrogens with one attached hydrogen (secondary N) is 1. The summed E-state index contributed by atoms with van der Waals surface area (Å²) in [4.78, 5) is 23.8. The monoisotopic (exact) mass is 332 g/mol. The Balaban J connectivity index is 1.91. The zero-order valence-corrected chi connectivity index (χ0v) is 13.4. The highest BCUT2D eigenvalue weighted by atomic mass is 32.1. The van der Waals surface area contributed by atoms with Gasteiger partial charge < -0.3 is 9.73 Å². The Morgan fingerprint density at radius 2 is 2.30 bits per heavy atom. The average Bonchev–Trinajstić information content (AvgIpc) is 3.22. The smallest absolute Gasteiger partial charge is 0.248 e. The van der Waals surface area contributed by atoms with Gasteiger partial charge in [0.05, 0.1) is 6.07 Å². The fourth-order valence-corrected chi connectivity index (χ4v) is 2.49. The number of Topliss-reactive ketones (excluding diaryl/α,β-unsaturated/α-hetero) is 1. The van der Waals surface area contributed by atoms with Crippen LogP contribution in [-0.4, -0.2) is 28.4 Å². The van der Waals surface area contributed by atoms with Crippen LogP contribution in [0.2, 0.25) is 0 Å². The Labute approximate surface area is 137 Å². The standard InChI is InChI=1S/C15H16N4O3S/c1-2-6-17-14(21)11(8-16)12(20)3-4-13-18-19-15(22-13)10-5-7-23-9-10/h5,7,9,11H,2-4,6H2,1H3,(H,17,21). The van der Waals surface area contributed by atoms with Crippen LogP contribution >= 0.6 is 11.3 Å². The van der Waals surface area contributed by atoms with Crippen molar-refractivity contribution in [3.05, 3.63) is 22.7 Å². The second-order valence-electron chi connectivity index (χ2n) is 4.83. The summed E-state index contributed by atoms with van der Waals surface area (Å²) in [5.74, 6) is -1.59. The minimum atomic E-state index is -1.29. The number of thiophene rings is 1. The highest BCUT2D eigenvalue weighted by Crippen LogP contribution is 2.21. The summed E-state index contributed by atoms with van der Waals surface area (Å²) in [6, 6.07) is 3.61. The minimum absolute atomic E-state index is 0.00302. The van der Waals surface area contributed by atoms with Gasteiger partial charge in [0.15, 0.2) is 11.7 Å². The molecule has 2 aromatic rings. The molecule has 2 heterocycles. The molecule has 0 radical (unpaired) electrons. The van der Waals surface area contributed by atoms with Crippen LogP contribution in [0, 0.1) is 17.2 Å². The molecule has 1 amide bonds. The number of carbonyl (C=O) groups is 2. The van der Waals surface area contributed by atoms with Crippen molar-refractivity contribution in [3.8, 4) is 17.5 Å². The number of amides is 1.